The Kier molecular flexibility index (Phi) is 2.87. The number of imidazole rings is 1. The van der Waals surface area contributed by atoms with Gasteiger partial charge in [0.05, 0.1) is 16.1 Å². The average molecular weight is 282 g/mol. The highest BCUT2D eigenvalue weighted by Crippen LogP contribution is 2.24. The highest BCUT2D eigenvalue weighted by atomic mass is 35.5. The van der Waals surface area contributed by atoms with Gasteiger partial charge in [-0.25, -0.2) is 0 Å². The van der Waals surface area contributed by atoms with E-state index >= 15 is 0 Å². The second-order valence-corrected chi connectivity index (χ2v) is 5.27. The topological polar surface area (TPSA) is 49.8 Å². The summed E-state index contributed by atoms with van der Waals surface area (Å²) in [7, 11) is 0. The van der Waals surface area contributed by atoms with Crippen LogP contribution in [0.5, 0.6) is 0 Å². The van der Waals surface area contributed by atoms with Crippen LogP contribution >= 0.6 is 23.8 Å². The fourth-order valence-electron chi connectivity index (χ4n) is 2.38. The first-order valence-electron chi connectivity index (χ1n) is 5.81. The zero-order valence-corrected chi connectivity index (χ0v) is 11.1. The van der Waals surface area contributed by atoms with Gasteiger partial charge < -0.3 is 14.9 Å². The van der Waals surface area contributed by atoms with E-state index in [9.17, 15) is 4.79 Å². The summed E-state index contributed by atoms with van der Waals surface area (Å²) in [5, 5.41) is 3.61. The lowest BCUT2D eigenvalue weighted by Gasteiger charge is -2.12. The molecule has 4 nitrogen and oxygen atoms in total. The van der Waals surface area contributed by atoms with Gasteiger partial charge in [-0.3, -0.25) is 4.79 Å². The van der Waals surface area contributed by atoms with Crippen LogP contribution in [0, 0.1) is 4.77 Å². The summed E-state index contributed by atoms with van der Waals surface area (Å²) >= 11 is 11.5. The summed E-state index contributed by atoms with van der Waals surface area (Å²) in [6.45, 7) is 0.661. The summed E-state index contributed by atoms with van der Waals surface area (Å²) in [5.74, 6) is 0.109. The van der Waals surface area contributed by atoms with Gasteiger partial charge in [-0.15, -0.1) is 0 Å². The van der Waals surface area contributed by atoms with Crippen molar-refractivity contribution in [1.29, 1.82) is 0 Å². The lowest BCUT2D eigenvalue weighted by atomic mass is 10.2. The molecule has 1 unspecified atom stereocenters. The van der Waals surface area contributed by atoms with Crippen molar-refractivity contribution in [2.45, 2.75) is 25.4 Å². The van der Waals surface area contributed by atoms with Crippen LogP contribution < -0.4 is 5.32 Å². The number of hydrogen-bond donors (Lipinski definition) is 2. The van der Waals surface area contributed by atoms with E-state index in [0.29, 0.717) is 22.8 Å². The summed E-state index contributed by atoms with van der Waals surface area (Å²) in [6, 6.07) is 5.81. The van der Waals surface area contributed by atoms with Crippen LogP contribution in [0.25, 0.3) is 11.0 Å². The Labute approximate surface area is 114 Å². The first-order valence-corrected chi connectivity index (χ1v) is 6.60. The lowest BCUT2D eigenvalue weighted by molar-refractivity contribution is -0.119. The molecule has 0 radical (unpaired) electrons. The van der Waals surface area contributed by atoms with Crippen molar-refractivity contribution in [3.63, 3.8) is 0 Å². The Hall–Kier alpha value is -1.33. The van der Waals surface area contributed by atoms with Crippen LogP contribution in [0.4, 0.5) is 0 Å². The molecule has 2 aromatic rings. The van der Waals surface area contributed by atoms with Crippen LogP contribution in [0.1, 0.15) is 12.8 Å². The Morgan fingerprint density at radius 2 is 2.33 bits per heavy atom. The molecule has 1 amide bonds. The summed E-state index contributed by atoms with van der Waals surface area (Å²) in [6.07, 6.45) is 1.44. The van der Waals surface area contributed by atoms with Crippen LogP contribution in [-0.4, -0.2) is 21.5 Å². The number of carbonyl (C=O) groups excluding carboxylic acids is 1. The number of aromatic nitrogens is 2. The van der Waals surface area contributed by atoms with Gasteiger partial charge in [0, 0.05) is 19.0 Å². The molecule has 1 atom stereocenters. The summed E-state index contributed by atoms with van der Waals surface area (Å²) in [5.41, 5.74) is 1.84. The number of benzene rings is 1. The number of nitrogens with one attached hydrogen (secondary N) is 2. The van der Waals surface area contributed by atoms with Gasteiger partial charge in [-0.1, -0.05) is 17.7 Å². The third kappa shape index (κ3) is 1.93. The standard InChI is InChI=1S/C12H12ClN3OS/c13-8-2-1-3-9-11(8)16(12(18)15-9)6-7-4-5-10(17)14-7/h1-3,7H,4-6H2,(H,14,17)(H,15,18). The molecule has 1 aromatic heterocycles. The molecule has 1 aliphatic rings. The number of H-pyrrole nitrogens is 1. The van der Waals surface area contributed by atoms with Crippen LogP contribution in [-0.2, 0) is 11.3 Å². The second kappa shape index (κ2) is 4.40. The highest BCUT2D eigenvalue weighted by Gasteiger charge is 2.22. The molecule has 1 aromatic carbocycles. The second-order valence-electron chi connectivity index (χ2n) is 4.48. The van der Waals surface area contributed by atoms with Gasteiger partial charge in [0.1, 0.15) is 0 Å². The summed E-state index contributed by atoms with van der Waals surface area (Å²) in [4.78, 5) is 14.4. The van der Waals surface area contributed by atoms with E-state index in [1.165, 1.54) is 0 Å². The maximum Gasteiger partial charge on any atom is 0.220 e. The van der Waals surface area contributed by atoms with E-state index in [-0.39, 0.29) is 11.9 Å². The van der Waals surface area contributed by atoms with E-state index in [2.05, 4.69) is 10.3 Å². The van der Waals surface area contributed by atoms with Crippen molar-refractivity contribution in [2.75, 3.05) is 0 Å². The summed E-state index contributed by atoms with van der Waals surface area (Å²) < 4.78 is 2.60. The smallest absolute Gasteiger partial charge is 0.220 e. The quantitative estimate of drug-likeness (QED) is 0.832. The normalized spacial score (nSPS) is 19.4. The number of hydrogen-bond acceptors (Lipinski definition) is 2. The molecule has 0 saturated carbocycles. The molecule has 1 aliphatic heterocycles. The lowest BCUT2D eigenvalue weighted by Crippen LogP contribution is -2.29. The minimum Gasteiger partial charge on any atom is -0.352 e. The molecule has 94 valence electrons. The van der Waals surface area contributed by atoms with Gasteiger partial charge in [0.25, 0.3) is 0 Å². The van der Waals surface area contributed by atoms with Crippen LogP contribution in [0.2, 0.25) is 5.02 Å². The fraction of sp³-hybridized carbons (Fsp3) is 0.333. The van der Waals surface area contributed by atoms with Gasteiger partial charge in [0.15, 0.2) is 4.77 Å². The molecule has 1 fully saturated rings. The molecule has 0 spiro atoms. The molecule has 2 heterocycles. The minimum absolute atomic E-state index is 0.109. The molecule has 2 N–H and O–H groups in total. The molecular formula is C12H12ClN3OS. The SMILES string of the molecule is O=C1CCC(Cn2c(=S)[nH]c3cccc(Cl)c32)N1. The molecule has 3 rings (SSSR count). The first-order chi connectivity index (χ1) is 8.65. The maximum absolute atomic E-state index is 11.2. The molecule has 18 heavy (non-hydrogen) atoms. The van der Waals surface area contributed by atoms with E-state index in [1.54, 1.807) is 0 Å². The molecule has 1 saturated heterocycles. The minimum atomic E-state index is 0.109. The van der Waals surface area contributed by atoms with Crippen molar-refractivity contribution in [3.8, 4) is 0 Å². The number of nitrogens with zero attached hydrogens (tertiary/aromatic N) is 1. The van der Waals surface area contributed by atoms with Crippen molar-refractivity contribution in [1.82, 2.24) is 14.9 Å². The molecule has 6 heteroatoms. The Morgan fingerprint density at radius 3 is 3.06 bits per heavy atom. The average Bonchev–Trinajstić information content (AvgIpc) is 2.85. The van der Waals surface area contributed by atoms with Crippen molar-refractivity contribution < 1.29 is 4.79 Å². The third-order valence-corrected chi connectivity index (χ3v) is 3.86. The number of rotatable bonds is 2. The van der Waals surface area contributed by atoms with Gasteiger partial charge >= 0.3 is 0 Å². The van der Waals surface area contributed by atoms with E-state index < -0.39 is 0 Å². The maximum atomic E-state index is 11.2. The number of para-hydroxylation sites is 1. The van der Waals surface area contributed by atoms with Crippen molar-refractivity contribution in [2.24, 2.45) is 0 Å². The van der Waals surface area contributed by atoms with Crippen LogP contribution in [0.15, 0.2) is 18.2 Å². The first kappa shape index (κ1) is 11.7. The Balaban J connectivity index is 2.03. The van der Waals surface area contributed by atoms with E-state index in [4.69, 9.17) is 23.8 Å². The Morgan fingerprint density at radius 1 is 1.50 bits per heavy atom. The number of aromatic amines is 1. The van der Waals surface area contributed by atoms with Gasteiger partial charge in [-0.05, 0) is 30.8 Å². The van der Waals surface area contributed by atoms with Gasteiger partial charge in [-0.2, -0.15) is 0 Å². The number of amides is 1. The Bertz CT molecular complexity index is 676. The molecule has 0 aliphatic carbocycles. The predicted octanol–water partition coefficient (Wildman–Crippen LogP) is 2.63. The molecule has 0 bridgehead atoms. The van der Waals surface area contributed by atoms with Crippen LogP contribution in [0.3, 0.4) is 0 Å². The predicted molar refractivity (Wildman–Crippen MR) is 73.3 cm³/mol. The van der Waals surface area contributed by atoms with Gasteiger partial charge in [0.2, 0.25) is 5.91 Å². The zero-order valence-electron chi connectivity index (χ0n) is 9.57. The van der Waals surface area contributed by atoms with Crippen molar-refractivity contribution >= 4 is 40.8 Å². The highest BCUT2D eigenvalue weighted by molar-refractivity contribution is 7.71. The zero-order chi connectivity index (χ0) is 12.7. The number of halogens is 1. The van der Waals surface area contributed by atoms with E-state index in [1.807, 2.05) is 22.8 Å². The molecular weight excluding hydrogens is 270 g/mol. The third-order valence-electron chi connectivity index (χ3n) is 3.23. The largest absolute Gasteiger partial charge is 0.352 e. The number of carbonyl (C=O) groups is 1. The monoisotopic (exact) mass is 281 g/mol. The van der Waals surface area contributed by atoms with E-state index in [0.717, 1.165) is 17.5 Å². The van der Waals surface area contributed by atoms with Crippen molar-refractivity contribution in [3.05, 3.63) is 28.0 Å². The fourth-order valence-corrected chi connectivity index (χ4v) is 2.94. The number of fused-ring (bicyclic) bond motifs is 1.